The van der Waals surface area contributed by atoms with E-state index in [1.54, 1.807) is 12.1 Å². The van der Waals surface area contributed by atoms with E-state index in [0.29, 0.717) is 12.3 Å². The maximum atomic E-state index is 11.6. The first-order valence-corrected chi connectivity index (χ1v) is 6.36. The number of benzene rings is 1. The fourth-order valence-electron chi connectivity index (χ4n) is 2.41. The molecule has 0 aliphatic heterocycles. The van der Waals surface area contributed by atoms with Crippen molar-refractivity contribution in [3.63, 3.8) is 0 Å². The van der Waals surface area contributed by atoms with Gasteiger partial charge in [-0.2, -0.15) is 0 Å². The van der Waals surface area contributed by atoms with Gasteiger partial charge in [0.2, 0.25) is 0 Å². The number of hydrogen-bond donors (Lipinski definition) is 2. The number of aliphatic hydroxyl groups excluding tert-OH is 1. The van der Waals surface area contributed by atoms with Gasteiger partial charge in [0.25, 0.3) is 0 Å². The largest absolute Gasteiger partial charge is 0.412 e. The summed E-state index contributed by atoms with van der Waals surface area (Å²) in [5.74, 6) is 0.527. The number of amides is 1. The molecule has 2 rings (SSSR count). The van der Waals surface area contributed by atoms with Crippen molar-refractivity contribution in [2.45, 2.75) is 25.7 Å². The number of hydrogen-bond acceptors (Lipinski definition) is 3. The first kappa shape index (κ1) is 12.9. The van der Waals surface area contributed by atoms with Gasteiger partial charge in [-0.15, -0.1) is 0 Å². The van der Waals surface area contributed by atoms with Gasteiger partial charge in [-0.3, -0.25) is 0 Å². The Morgan fingerprint density at radius 1 is 1.28 bits per heavy atom. The summed E-state index contributed by atoms with van der Waals surface area (Å²) in [5, 5.41) is 12.2. The number of nitrogens with one attached hydrogen (secondary N) is 1. The Hall–Kier alpha value is -1.55. The first-order chi connectivity index (χ1) is 8.74. The van der Waals surface area contributed by atoms with Crippen LogP contribution in [0.15, 0.2) is 30.3 Å². The lowest BCUT2D eigenvalue weighted by Gasteiger charge is -2.26. The van der Waals surface area contributed by atoms with Gasteiger partial charge < -0.3 is 15.2 Å². The minimum atomic E-state index is -0.457. The van der Waals surface area contributed by atoms with E-state index in [-0.39, 0.29) is 12.0 Å². The summed E-state index contributed by atoms with van der Waals surface area (Å²) < 4.78 is 5.13. The average molecular weight is 249 g/mol. The van der Waals surface area contributed by atoms with Gasteiger partial charge in [0.1, 0.15) is 5.75 Å². The van der Waals surface area contributed by atoms with E-state index in [1.165, 1.54) is 0 Å². The van der Waals surface area contributed by atoms with Crippen LogP contribution in [0, 0.1) is 5.41 Å². The molecule has 18 heavy (non-hydrogen) atoms. The zero-order valence-corrected chi connectivity index (χ0v) is 10.4. The monoisotopic (exact) mass is 249 g/mol. The summed E-state index contributed by atoms with van der Waals surface area (Å²) in [5.41, 5.74) is -0.143. The predicted octanol–water partition coefficient (Wildman–Crippen LogP) is 2.33. The topological polar surface area (TPSA) is 58.6 Å². The Morgan fingerprint density at radius 2 is 1.94 bits per heavy atom. The van der Waals surface area contributed by atoms with Crippen molar-refractivity contribution >= 4 is 6.09 Å². The lowest BCUT2D eigenvalue weighted by molar-refractivity contribution is 0.125. The second-order valence-corrected chi connectivity index (χ2v) is 4.92. The Balaban J connectivity index is 1.81. The molecule has 0 radical (unpaired) electrons. The van der Waals surface area contributed by atoms with Gasteiger partial charge >= 0.3 is 6.09 Å². The summed E-state index contributed by atoms with van der Waals surface area (Å²) in [6.45, 7) is 0.605. The van der Waals surface area contributed by atoms with Gasteiger partial charge in [-0.05, 0) is 25.0 Å². The molecule has 0 aromatic heterocycles. The van der Waals surface area contributed by atoms with E-state index in [0.717, 1.165) is 25.7 Å². The van der Waals surface area contributed by atoms with Crippen LogP contribution in [0.3, 0.4) is 0 Å². The molecule has 0 atom stereocenters. The highest BCUT2D eigenvalue weighted by Gasteiger charge is 2.33. The third-order valence-electron chi connectivity index (χ3n) is 3.56. The highest BCUT2D eigenvalue weighted by atomic mass is 16.6. The van der Waals surface area contributed by atoms with Crippen LogP contribution in [0.5, 0.6) is 5.75 Å². The number of carbonyl (C=O) groups is 1. The first-order valence-electron chi connectivity index (χ1n) is 6.36. The SMILES string of the molecule is O=C(NCC1(CO)CCCC1)Oc1ccccc1. The lowest BCUT2D eigenvalue weighted by atomic mass is 9.87. The summed E-state index contributed by atoms with van der Waals surface area (Å²) in [6, 6.07) is 8.96. The Bertz CT molecular complexity index is 385. The summed E-state index contributed by atoms with van der Waals surface area (Å²) >= 11 is 0. The van der Waals surface area contributed by atoms with Crippen molar-refractivity contribution in [2.24, 2.45) is 5.41 Å². The van der Waals surface area contributed by atoms with Crippen molar-refractivity contribution < 1.29 is 14.6 Å². The molecule has 4 nitrogen and oxygen atoms in total. The molecule has 98 valence electrons. The van der Waals surface area contributed by atoms with Gasteiger partial charge in [-0.25, -0.2) is 4.79 Å². The average Bonchev–Trinajstić information content (AvgIpc) is 2.87. The number of rotatable bonds is 4. The van der Waals surface area contributed by atoms with E-state index >= 15 is 0 Å². The summed E-state index contributed by atoms with van der Waals surface area (Å²) in [6.07, 6.45) is 3.72. The number of carbonyl (C=O) groups excluding carboxylic acids is 1. The minimum absolute atomic E-state index is 0.124. The van der Waals surface area contributed by atoms with E-state index in [1.807, 2.05) is 18.2 Å². The fraction of sp³-hybridized carbons (Fsp3) is 0.500. The molecule has 0 bridgehead atoms. The molecule has 1 aliphatic carbocycles. The van der Waals surface area contributed by atoms with Crippen LogP contribution in [-0.2, 0) is 0 Å². The van der Waals surface area contributed by atoms with Crippen molar-refractivity contribution in [1.29, 1.82) is 0 Å². The molecule has 1 aliphatic rings. The second-order valence-electron chi connectivity index (χ2n) is 4.92. The van der Waals surface area contributed by atoms with E-state index in [4.69, 9.17) is 4.74 Å². The molecule has 0 spiro atoms. The van der Waals surface area contributed by atoms with Crippen LogP contribution in [0.4, 0.5) is 4.79 Å². The number of ether oxygens (including phenoxy) is 1. The van der Waals surface area contributed by atoms with Crippen LogP contribution in [-0.4, -0.2) is 24.4 Å². The minimum Gasteiger partial charge on any atom is -0.410 e. The van der Waals surface area contributed by atoms with Crippen LogP contribution >= 0.6 is 0 Å². The van der Waals surface area contributed by atoms with E-state index in [9.17, 15) is 9.90 Å². The molecule has 2 N–H and O–H groups in total. The summed E-state index contributed by atoms with van der Waals surface area (Å²) in [7, 11) is 0. The van der Waals surface area contributed by atoms with Crippen molar-refractivity contribution in [3.05, 3.63) is 30.3 Å². The molecule has 1 amide bonds. The fourth-order valence-corrected chi connectivity index (χ4v) is 2.41. The molecule has 0 unspecified atom stereocenters. The van der Waals surface area contributed by atoms with Gasteiger partial charge in [0.15, 0.2) is 0 Å². The molecule has 1 aromatic carbocycles. The van der Waals surface area contributed by atoms with Gasteiger partial charge in [0, 0.05) is 12.0 Å². The maximum Gasteiger partial charge on any atom is 0.412 e. The lowest BCUT2D eigenvalue weighted by Crippen LogP contribution is -2.39. The predicted molar refractivity (Wildman–Crippen MR) is 68.5 cm³/mol. The summed E-state index contributed by atoms with van der Waals surface area (Å²) in [4.78, 5) is 11.6. The highest BCUT2D eigenvalue weighted by molar-refractivity contribution is 5.70. The van der Waals surface area contributed by atoms with Crippen LogP contribution < -0.4 is 10.1 Å². The normalized spacial score (nSPS) is 17.4. The molecule has 1 saturated carbocycles. The number of para-hydroxylation sites is 1. The van der Waals surface area contributed by atoms with Gasteiger partial charge in [0.05, 0.1) is 6.61 Å². The molecular weight excluding hydrogens is 230 g/mol. The molecule has 4 heteroatoms. The zero-order chi connectivity index (χ0) is 12.8. The van der Waals surface area contributed by atoms with Gasteiger partial charge in [-0.1, -0.05) is 31.0 Å². The van der Waals surface area contributed by atoms with Crippen molar-refractivity contribution in [2.75, 3.05) is 13.2 Å². The quantitative estimate of drug-likeness (QED) is 0.861. The molecule has 0 saturated heterocycles. The van der Waals surface area contributed by atoms with E-state index < -0.39 is 6.09 Å². The van der Waals surface area contributed by atoms with Crippen LogP contribution in [0.2, 0.25) is 0 Å². The van der Waals surface area contributed by atoms with Crippen LogP contribution in [0.1, 0.15) is 25.7 Å². The van der Waals surface area contributed by atoms with Crippen LogP contribution in [0.25, 0.3) is 0 Å². The Labute approximate surface area is 107 Å². The second kappa shape index (κ2) is 5.87. The van der Waals surface area contributed by atoms with Crippen molar-refractivity contribution in [1.82, 2.24) is 5.32 Å². The third-order valence-corrected chi connectivity index (χ3v) is 3.56. The number of aliphatic hydroxyl groups is 1. The molecule has 1 fully saturated rings. The zero-order valence-electron chi connectivity index (χ0n) is 10.4. The standard InChI is InChI=1S/C14H19NO3/c16-11-14(8-4-5-9-14)10-15-13(17)18-12-6-2-1-3-7-12/h1-3,6-7,16H,4-5,8-11H2,(H,15,17). The Morgan fingerprint density at radius 3 is 2.56 bits per heavy atom. The molecule has 1 aromatic rings. The highest BCUT2D eigenvalue weighted by Crippen LogP contribution is 2.36. The smallest absolute Gasteiger partial charge is 0.410 e. The Kier molecular flexibility index (Phi) is 4.20. The molecular formula is C14H19NO3. The third kappa shape index (κ3) is 3.23. The maximum absolute atomic E-state index is 11.6. The van der Waals surface area contributed by atoms with Crippen molar-refractivity contribution in [3.8, 4) is 5.75 Å². The van der Waals surface area contributed by atoms with E-state index in [2.05, 4.69) is 5.32 Å². The molecule has 0 heterocycles.